The zero-order chi connectivity index (χ0) is 15.6. The maximum atomic E-state index is 11.3. The van der Waals surface area contributed by atoms with Crippen LogP contribution in [0.25, 0.3) is 0 Å². The monoisotopic (exact) mass is 300 g/mol. The van der Waals surface area contributed by atoms with Gasteiger partial charge >= 0.3 is 5.97 Å². The van der Waals surface area contributed by atoms with Crippen molar-refractivity contribution in [3.8, 4) is 0 Å². The number of rotatable bonds is 3. The summed E-state index contributed by atoms with van der Waals surface area (Å²) in [6, 6.07) is 13.9. The Labute approximate surface area is 130 Å². The molecule has 0 aliphatic carbocycles. The molecule has 1 N–H and O–H groups in total. The molecular weight excluding hydrogens is 280 g/mol. The second-order valence-electron chi connectivity index (χ2n) is 6.18. The van der Waals surface area contributed by atoms with Gasteiger partial charge in [0.05, 0.1) is 5.56 Å². The predicted molar refractivity (Wildman–Crippen MR) is 87.4 cm³/mol. The van der Waals surface area contributed by atoms with Crippen LogP contribution in [0, 0.1) is 6.92 Å². The molecule has 0 amide bonds. The maximum Gasteiger partial charge on any atom is 0.336 e. The van der Waals surface area contributed by atoms with E-state index < -0.39 is 5.97 Å². The quantitative estimate of drug-likeness (QED) is 0.852. The van der Waals surface area contributed by atoms with Crippen molar-refractivity contribution in [1.82, 2.24) is 0 Å². The van der Waals surface area contributed by atoms with Crippen LogP contribution in [0.4, 0.5) is 0 Å². The second kappa shape index (κ2) is 5.94. The van der Waals surface area contributed by atoms with E-state index in [4.69, 9.17) is 0 Å². The fraction of sp³-hybridized carbons (Fsp3) is 0.278. The van der Waals surface area contributed by atoms with E-state index in [0.717, 1.165) is 15.4 Å². The van der Waals surface area contributed by atoms with Gasteiger partial charge in [0.2, 0.25) is 0 Å². The highest BCUT2D eigenvalue weighted by Gasteiger charge is 2.14. The number of aryl methyl sites for hydroxylation is 1. The van der Waals surface area contributed by atoms with Crippen LogP contribution in [-0.2, 0) is 5.41 Å². The van der Waals surface area contributed by atoms with Crippen LogP contribution >= 0.6 is 11.8 Å². The fourth-order valence-electron chi connectivity index (χ4n) is 2.05. The summed E-state index contributed by atoms with van der Waals surface area (Å²) in [7, 11) is 0. The van der Waals surface area contributed by atoms with E-state index in [-0.39, 0.29) is 5.41 Å². The Balaban J connectivity index is 2.28. The molecule has 2 aromatic carbocycles. The van der Waals surface area contributed by atoms with E-state index in [1.165, 1.54) is 17.3 Å². The van der Waals surface area contributed by atoms with Gasteiger partial charge in [-0.15, -0.1) is 0 Å². The molecule has 3 heteroatoms. The Morgan fingerprint density at radius 1 is 1.05 bits per heavy atom. The Bertz CT molecular complexity index is 652. The van der Waals surface area contributed by atoms with Crippen LogP contribution in [-0.4, -0.2) is 11.1 Å². The van der Waals surface area contributed by atoms with Gasteiger partial charge < -0.3 is 5.11 Å². The van der Waals surface area contributed by atoms with Crippen LogP contribution in [0.15, 0.2) is 52.3 Å². The van der Waals surface area contributed by atoms with Crippen molar-refractivity contribution in [2.24, 2.45) is 0 Å². The van der Waals surface area contributed by atoms with Crippen LogP contribution in [0.1, 0.15) is 42.3 Å². The average Bonchev–Trinajstić information content (AvgIpc) is 2.40. The highest BCUT2D eigenvalue weighted by molar-refractivity contribution is 7.99. The normalized spacial score (nSPS) is 11.4. The lowest BCUT2D eigenvalue weighted by atomic mass is 9.87. The molecule has 0 saturated carbocycles. The molecule has 0 aromatic heterocycles. The first-order chi connectivity index (χ1) is 9.77. The molecule has 0 saturated heterocycles. The Morgan fingerprint density at radius 2 is 1.67 bits per heavy atom. The third-order valence-corrected chi connectivity index (χ3v) is 4.40. The maximum absolute atomic E-state index is 11.3. The summed E-state index contributed by atoms with van der Waals surface area (Å²) < 4.78 is 0. The number of hydrogen-bond acceptors (Lipinski definition) is 2. The van der Waals surface area contributed by atoms with Crippen LogP contribution in [0.5, 0.6) is 0 Å². The first-order valence-electron chi connectivity index (χ1n) is 6.90. The molecule has 0 fully saturated rings. The Kier molecular flexibility index (Phi) is 4.43. The van der Waals surface area contributed by atoms with Crippen molar-refractivity contribution in [2.75, 3.05) is 0 Å². The van der Waals surface area contributed by atoms with Gasteiger partial charge in [-0.05, 0) is 42.2 Å². The fourth-order valence-corrected chi connectivity index (χ4v) is 2.97. The summed E-state index contributed by atoms with van der Waals surface area (Å²) in [5.41, 5.74) is 2.72. The van der Waals surface area contributed by atoms with E-state index in [9.17, 15) is 9.90 Å². The first-order valence-corrected chi connectivity index (χ1v) is 7.71. The Hall–Kier alpha value is -1.74. The summed E-state index contributed by atoms with van der Waals surface area (Å²) in [4.78, 5) is 13.2. The lowest BCUT2D eigenvalue weighted by molar-refractivity contribution is 0.0693. The molecular formula is C18H20O2S. The van der Waals surface area contributed by atoms with E-state index in [1.54, 1.807) is 6.07 Å². The van der Waals surface area contributed by atoms with Gasteiger partial charge in [-0.2, -0.15) is 0 Å². The lowest BCUT2D eigenvalue weighted by Crippen LogP contribution is -2.10. The molecule has 0 aliphatic heterocycles. The molecule has 2 rings (SSSR count). The van der Waals surface area contributed by atoms with E-state index in [0.29, 0.717) is 5.56 Å². The highest BCUT2D eigenvalue weighted by Crippen LogP contribution is 2.32. The number of carboxylic acid groups (broad SMARTS) is 1. The van der Waals surface area contributed by atoms with Gasteiger partial charge in [-0.1, -0.05) is 56.3 Å². The molecule has 0 spiro atoms. The third kappa shape index (κ3) is 3.88. The van der Waals surface area contributed by atoms with Gasteiger partial charge in [0.1, 0.15) is 0 Å². The molecule has 21 heavy (non-hydrogen) atoms. The smallest absolute Gasteiger partial charge is 0.336 e. The van der Waals surface area contributed by atoms with E-state index in [1.807, 2.05) is 19.1 Å². The zero-order valence-electron chi connectivity index (χ0n) is 12.8. The van der Waals surface area contributed by atoms with Crippen molar-refractivity contribution in [1.29, 1.82) is 0 Å². The summed E-state index contributed by atoms with van der Waals surface area (Å²) in [5, 5.41) is 9.31. The number of benzene rings is 2. The number of hydrogen-bond donors (Lipinski definition) is 1. The van der Waals surface area contributed by atoms with E-state index in [2.05, 4.69) is 45.0 Å². The van der Waals surface area contributed by atoms with Crippen molar-refractivity contribution in [3.63, 3.8) is 0 Å². The largest absolute Gasteiger partial charge is 0.478 e. The molecule has 0 aliphatic rings. The summed E-state index contributed by atoms with van der Waals surface area (Å²) >= 11 is 1.49. The van der Waals surface area contributed by atoms with Gasteiger partial charge in [-0.3, -0.25) is 0 Å². The molecule has 0 bridgehead atoms. The second-order valence-corrected chi connectivity index (χ2v) is 7.30. The van der Waals surface area contributed by atoms with Crippen molar-refractivity contribution in [3.05, 3.63) is 59.2 Å². The summed E-state index contributed by atoms with van der Waals surface area (Å²) in [5.74, 6) is -0.882. The van der Waals surface area contributed by atoms with Crippen LogP contribution < -0.4 is 0 Å². The van der Waals surface area contributed by atoms with Crippen LogP contribution in [0.2, 0.25) is 0 Å². The van der Waals surface area contributed by atoms with Crippen molar-refractivity contribution >= 4 is 17.7 Å². The minimum Gasteiger partial charge on any atom is -0.478 e. The highest BCUT2D eigenvalue weighted by atomic mass is 32.2. The number of aromatic carboxylic acids is 1. The molecule has 0 unspecified atom stereocenters. The van der Waals surface area contributed by atoms with Gasteiger partial charge in [0, 0.05) is 9.79 Å². The summed E-state index contributed by atoms with van der Waals surface area (Å²) in [6.07, 6.45) is 0. The van der Waals surface area contributed by atoms with E-state index >= 15 is 0 Å². The van der Waals surface area contributed by atoms with Crippen LogP contribution in [0.3, 0.4) is 0 Å². The van der Waals surface area contributed by atoms with Crippen molar-refractivity contribution < 1.29 is 9.90 Å². The number of carboxylic acids is 1. The third-order valence-electron chi connectivity index (χ3n) is 3.31. The average molecular weight is 300 g/mol. The van der Waals surface area contributed by atoms with Gasteiger partial charge in [0.25, 0.3) is 0 Å². The zero-order valence-corrected chi connectivity index (χ0v) is 13.6. The van der Waals surface area contributed by atoms with Gasteiger partial charge in [0.15, 0.2) is 0 Å². The number of carbonyl (C=O) groups is 1. The topological polar surface area (TPSA) is 37.3 Å². The predicted octanol–water partition coefficient (Wildman–Crippen LogP) is 5.14. The molecule has 2 aromatic rings. The molecule has 110 valence electrons. The first kappa shape index (κ1) is 15.6. The standard InChI is InChI=1S/C18H20O2S/c1-12-5-10-16(15(11-12)17(19)20)21-14-8-6-13(7-9-14)18(2,3)4/h5-11H,1-4H3,(H,19,20). The molecule has 0 atom stereocenters. The molecule has 2 nitrogen and oxygen atoms in total. The summed E-state index contributed by atoms with van der Waals surface area (Å²) in [6.45, 7) is 8.44. The minimum atomic E-state index is -0.882. The molecule has 0 heterocycles. The molecule has 0 radical (unpaired) electrons. The lowest BCUT2D eigenvalue weighted by Gasteiger charge is -2.19. The van der Waals surface area contributed by atoms with Gasteiger partial charge in [-0.25, -0.2) is 4.79 Å². The van der Waals surface area contributed by atoms with Crippen molar-refractivity contribution in [2.45, 2.75) is 42.9 Å². The Morgan fingerprint density at radius 3 is 2.19 bits per heavy atom. The minimum absolute atomic E-state index is 0.124. The SMILES string of the molecule is Cc1ccc(Sc2ccc(C(C)(C)C)cc2)c(C(=O)O)c1.